The number of thioether (sulfide) groups is 1. The van der Waals surface area contributed by atoms with Crippen molar-refractivity contribution >= 4 is 44.9 Å². The first-order valence-electron chi connectivity index (χ1n) is 11.1. The van der Waals surface area contributed by atoms with Gasteiger partial charge < -0.3 is 5.32 Å². The van der Waals surface area contributed by atoms with Crippen LogP contribution in [0.4, 0.5) is 5.69 Å². The number of fused-ring (bicyclic) bond motifs is 1. The number of hydrogen-bond acceptors (Lipinski definition) is 6. The lowest BCUT2D eigenvalue weighted by Gasteiger charge is -2.14. The molecule has 178 valence electrons. The Labute approximate surface area is 205 Å². The lowest BCUT2D eigenvalue weighted by atomic mass is 10.3. The van der Waals surface area contributed by atoms with Crippen LogP contribution in [-0.4, -0.2) is 30.1 Å². The summed E-state index contributed by atoms with van der Waals surface area (Å²) in [5.41, 5.74) is 1.21. The summed E-state index contributed by atoms with van der Waals surface area (Å²) in [6, 6.07) is 11.2. The summed E-state index contributed by atoms with van der Waals surface area (Å²) in [6.07, 6.45) is 0.838. The molecule has 10 heteroatoms. The van der Waals surface area contributed by atoms with Gasteiger partial charge in [-0.25, -0.2) is 9.67 Å². The fraction of sp³-hybridized carbons (Fsp3) is 0.333. The molecule has 1 aromatic carbocycles. The van der Waals surface area contributed by atoms with Crippen LogP contribution in [0.15, 0.2) is 51.1 Å². The van der Waals surface area contributed by atoms with E-state index in [1.165, 1.54) is 27.8 Å². The van der Waals surface area contributed by atoms with E-state index in [4.69, 9.17) is 4.98 Å². The summed E-state index contributed by atoms with van der Waals surface area (Å²) in [4.78, 5) is 45.7. The van der Waals surface area contributed by atoms with Crippen molar-refractivity contribution in [3.63, 3.8) is 0 Å². The van der Waals surface area contributed by atoms with Gasteiger partial charge in [0.25, 0.3) is 11.1 Å². The minimum absolute atomic E-state index is 0.0943. The summed E-state index contributed by atoms with van der Waals surface area (Å²) >= 11 is 2.72. The van der Waals surface area contributed by atoms with Crippen LogP contribution in [0.2, 0.25) is 0 Å². The number of benzene rings is 1. The zero-order chi connectivity index (χ0) is 24.6. The second-order valence-corrected chi connectivity index (χ2v) is 10.3. The van der Waals surface area contributed by atoms with Crippen molar-refractivity contribution in [1.82, 2.24) is 18.9 Å². The lowest BCUT2D eigenvalue weighted by Crippen LogP contribution is -2.28. The zero-order valence-electron chi connectivity index (χ0n) is 19.8. The van der Waals surface area contributed by atoms with E-state index < -0.39 is 5.25 Å². The molecule has 0 unspecified atom stereocenters. The molecule has 0 aliphatic carbocycles. The smallest absolute Gasteiger partial charge is 0.295 e. The number of carbonyl (C=O) groups is 1. The Balaban J connectivity index is 1.62. The number of para-hydroxylation sites is 1. The van der Waals surface area contributed by atoms with Gasteiger partial charge in [0.05, 0.1) is 22.0 Å². The number of nitrogens with zero attached hydrogens (tertiary/aromatic N) is 4. The highest BCUT2D eigenvalue weighted by molar-refractivity contribution is 8.00. The Morgan fingerprint density at radius 1 is 1.18 bits per heavy atom. The minimum Gasteiger partial charge on any atom is -0.319 e. The van der Waals surface area contributed by atoms with Crippen molar-refractivity contribution in [2.75, 3.05) is 5.32 Å². The molecule has 1 amide bonds. The van der Waals surface area contributed by atoms with E-state index in [2.05, 4.69) is 5.32 Å². The standard InChI is InChI=1S/C24H27N5O3S2/c1-6-17-13-18-21(34-17)26-24(28(7-2)22(18)31)33-15(4)20(30)25-19-14(3)27(5)29(23(19)32)16-11-9-8-10-12-16/h8-13,15H,6-7H2,1-5H3,(H,25,30)/t15-/m1/s1. The number of hydrogen-bond donors (Lipinski definition) is 1. The van der Waals surface area contributed by atoms with E-state index in [-0.39, 0.29) is 22.7 Å². The molecule has 3 heterocycles. The van der Waals surface area contributed by atoms with Crippen molar-refractivity contribution < 1.29 is 4.79 Å². The number of aryl methyl sites for hydroxylation is 1. The fourth-order valence-electron chi connectivity index (χ4n) is 3.74. The number of amides is 1. The molecular formula is C24H27N5O3S2. The average molecular weight is 498 g/mol. The maximum Gasteiger partial charge on any atom is 0.295 e. The zero-order valence-corrected chi connectivity index (χ0v) is 21.4. The van der Waals surface area contributed by atoms with Crippen LogP contribution >= 0.6 is 23.1 Å². The first kappa shape index (κ1) is 24.0. The molecule has 0 spiro atoms. The second kappa shape index (κ2) is 9.63. The Bertz CT molecular complexity index is 1480. The van der Waals surface area contributed by atoms with Crippen LogP contribution in [0.5, 0.6) is 0 Å². The number of nitrogens with one attached hydrogen (secondary N) is 1. The van der Waals surface area contributed by atoms with E-state index in [0.717, 1.165) is 11.3 Å². The fourth-order valence-corrected chi connectivity index (χ4v) is 5.72. The average Bonchev–Trinajstić information content (AvgIpc) is 3.34. The van der Waals surface area contributed by atoms with E-state index in [1.807, 2.05) is 50.2 Å². The van der Waals surface area contributed by atoms with Gasteiger partial charge >= 0.3 is 0 Å². The summed E-state index contributed by atoms with van der Waals surface area (Å²) in [6.45, 7) is 7.92. The van der Waals surface area contributed by atoms with E-state index in [9.17, 15) is 14.4 Å². The van der Waals surface area contributed by atoms with E-state index in [0.29, 0.717) is 33.3 Å². The topological polar surface area (TPSA) is 90.9 Å². The van der Waals surface area contributed by atoms with Crippen LogP contribution in [0, 0.1) is 6.92 Å². The third-order valence-corrected chi connectivity index (χ3v) is 8.05. The number of thiophene rings is 1. The first-order chi connectivity index (χ1) is 16.3. The Morgan fingerprint density at radius 2 is 1.88 bits per heavy atom. The highest BCUT2D eigenvalue weighted by atomic mass is 32.2. The normalized spacial score (nSPS) is 12.3. The molecule has 0 bridgehead atoms. The van der Waals surface area contributed by atoms with Gasteiger partial charge in [0, 0.05) is 18.5 Å². The molecule has 0 saturated carbocycles. The molecule has 3 aromatic heterocycles. The lowest BCUT2D eigenvalue weighted by molar-refractivity contribution is -0.115. The number of carbonyl (C=O) groups excluding carboxylic acids is 1. The highest BCUT2D eigenvalue weighted by Gasteiger charge is 2.23. The molecule has 1 N–H and O–H groups in total. The van der Waals surface area contributed by atoms with Crippen LogP contribution in [0.1, 0.15) is 31.3 Å². The second-order valence-electron chi connectivity index (χ2n) is 7.91. The molecular weight excluding hydrogens is 470 g/mol. The predicted octanol–water partition coefficient (Wildman–Crippen LogP) is 3.96. The maximum atomic E-state index is 13.1. The van der Waals surface area contributed by atoms with Crippen molar-refractivity contribution in [2.45, 2.75) is 51.1 Å². The quantitative estimate of drug-likeness (QED) is 0.308. The third kappa shape index (κ3) is 4.23. The van der Waals surface area contributed by atoms with Crippen molar-refractivity contribution in [3.05, 3.63) is 67.7 Å². The Morgan fingerprint density at radius 3 is 2.53 bits per heavy atom. The van der Waals surface area contributed by atoms with Gasteiger partial charge in [0.1, 0.15) is 10.5 Å². The Hall–Kier alpha value is -3.11. The number of anilines is 1. The SMILES string of the molecule is CCc1cc2c(=O)n(CC)c(S[C@H](C)C(=O)Nc3c(C)n(C)n(-c4ccccc4)c3=O)nc2s1. The number of aromatic nitrogens is 4. The van der Waals surface area contributed by atoms with E-state index >= 15 is 0 Å². The first-order valence-corrected chi connectivity index (χ1v) is 12.8. The minimum atomic E-state index is -0.572. The molecule has 4 aromatic rings. The molecule has 4 rings (SSSR count). The van der Waals surface area contributed by atoms with Gasteiger partial charge in [0.2, 0.25) is 5.91 Å². The Kier molecular flexibility index (Phi) is 6.81. The van der Waals surface area contributed by atoms with Crippen LogP contribution < -0.4 is 16.4 Å². The van der Waals surface area contributed by atoms with Crippen LogP contribution in [-0.2, 0) is 24.8 Å². The summed E-state index contributed by atoms with van der Waals surface area (Å²) < 4.78 is 4.84. The molecule has 34 heavy (non-hydrogen) atoms. The van der Waals surface area contributed by atoms with Crippen molar-refractivity contribution in [2.24, 2.45) is 7.05 Å². The third-order valence-electron chi connectivity index (χ3n) is 5.79. The van der Waals surface area contributed by atoms with Crippen LogP contribution in [0.3, 0.4) is 0 Å². The summed E-state index contributed by atoms with van der Waals surface area (Å²) in [5, 5.41) is 3.35. The molecule has 0 saturated heterocycles. The van der Waals surface area contributed by atoms with Crippen molar-refractivity contribution in [3.8, 4) is 5.69 Å². The van der Waals surface area contributed by atoms with Crippen LogP contribution in [0.25, 0.3) is 15.9 Å². The van der Waals surface area contributed by atoms with Crippen molar-refractivity contribution in [1.29, 1.82) is 0 Å². The van der Waals surface area contributed by atoms with Gasteiger partial charge in [0.15, 0.2) is 5.16 Å². The molecule has 1 atom stereocenters. The monoisotopic (exact) mass is 497 g/mol. The molecule has 8 nitrogen and oxygen atoms in total. The molecule has 0 radical (unpaired) electrons. The summed E-state index contributed by atoms with van der Waals surface area (Å²) in [5.74, 6) is -0.326. The van der Waals surface area contributed by atoms with E-state index in [1.54, 1.807) is 30.1 Å². The van der Waals surface area contributed by atoms with Gasteiger partial charge in [-0.2, -0.15) is 0 Å². The summed E-state index contributed by atoms with van der Waals surface area (Å²) in [7, 11) is 1.78. The predicted molar refractivity (Wildman–Crippen MR) is 139 cm³/mol. The van der Waals surface area contributed by atoms with Gasteiger partial charge in [-0.3, -0.25) is 23.6 Å². The largest absolute Gasteiger partial charge is 0.319 e. The van der Waals surface area contributed by atoms with Gasteiger partial charge in [-0.1, -0.05) is 36.9 Å². The molecule has 0 aliphatic rings. The molecule has 0 fully saturated rings. The maximum absolute atomic E-state index is 13.1. The molecule has 0 aliphatic heterocycles. The number of rotatable bonds is 7. The van der Waals surface area contributed by atoms with Gasteiger partial charge in [-0.15, -0.1) is 11.3 Å². The van der Waals surface area contributed by atoms with Gasteiger partial charge in [-0.05, 0) is 45.4 Å². The highest BCUT2D eigenvalue weighted by Crippen LogP contribution is 2.27.